The third-order valence-corrected chi connectivity index (χ3v) is 6.83. The van der Waals surface area contributed by atoms with Gasteiger partial charge in [0.15, 0.2) is 10.8 Å². The molecule has 160 valence electrons. The minimum absolute atomic E-state index is 0.148. The summed E-state index contributed by atoms with van der Waals surface area (Å²) in [6.07, 6.45) is 1.72. The number of fused-ring (bicyclic) bond motifs is 3. The van der Waals surface area contributed by atoms with Gasteiger partial charge in [-0.05, 0) is 30.2 Å². The van der Waals surface area contributed by atoms with E-state index in [0.717, 1.165) is 32.6 Å². The lowest BCUT2D eigenvalue weighted by molar-refractivity contribution is -0.113. The molecule has 0 saturated carbocycles. The van der Waals surface area contributed by atoms with Gasteiger partial charge in [0.05, 0.1) is 23.9 Å². The van der Waals surface area contributed by atoms with Crippen LogP contribution in [-0.4, -0.2) is 38.4 Å². The number of methoxy groups -OCH3 is 1. The van der Waals surface area contributed by atoms with Crippen LogP contribution in [0.15, 0.2) is 65.4 Å². The molecule has 0 spiro atoms. The van der Waals surface area contributed by atoms with Gasteiger partial charge < -0.3 is 10.1 Å². The zero-order chi connectivity index (χ0) is 22.1. The number of nitrogens with one attached hydrogen (secondary N) is 1. The Hall–Kier alpha value is -3.43. The van der Waals surface area contributed by atoms with Gasteiger partial charge in [-0.15, -0.1) is 21.5 Å². The molecule has 0 bridgehead atoms. The molecule has 3 aromatic heterocycles. The molecule has 9 heteroatoms. The maximum absolute atomic E-state index is 12.6. The molecule has 5 aromatic rings. The number of ether oxygens (including phenoxy) is 1. The van der Waals surface area contributed by atoms with Crippen LogP contribution in [0.4, 0.5) is 5.69 Å². The molecule has 0 fully saturated rings. The van der Waals surface area contributed by atoms with E-state index in [9.17, 15) is 4.79 Å². The van der Waals surface area contributed by atoms with Gasteiger partial charge in [-0.3, -0.25) is 9.20 Å². The molecule has 2 aromatic carbocycles. The van der Waals surface area contributed by atoms with Crippen molar-refractivity contribution in [2.24, 2.45) is 0 Å². The predicted molar refractivity (Wildman–Crippen MR) is 129 cm³/mol. The van der Waals surface area contributed by atoms with Crippen molar-refractivity contribution in [3.8, 4) is 16.9 Å². The van der Waals surface area contributed by atoms with Crippen molar-refractivity contribution in [3.05, 3.63) is 65.8 Å². The zero-order valence-electron chi connectivity index (χ0n) is 17.4. The van der Waals surface area contributed by atoms with E-state index in [1.165, 1.54) is 11.8 Å². The maximum atomic E-state index is 12.6. The summed E-state index contributed by atoms with van der Waals surface area (Å²) in [6, 6.07) is 15.8. The lowest BCUT2D eigenvalue weighted by atomic mass is 10.1. The van der Waals surface area contributed by atoms with Crippen LogP contribution in [0.3, 0.4) is 0 Å². The molecule has 1 amide bonds. The van der Waals surface area contributed by atoms with Crippen LogP contribution in [0.1, 0.15) is 5.56 Å². The van der Waals surface area contributed by atoms with Gasteiger partial charge in [0.2, 0.25) is 5.91 Å². The molecule has 1 N–H and O–H groups in total. The van der Waals surface area contributed by atoms with Crippen molar-refractivity contribution in [3.63, 3.8) is 0 Å². The van der Waals surface area contributed by atoms with Crippen molar-refractivity contribution in [1.82, 2.24) is 19.6 Å². The van der Waals surface area contributed by atoms with Gasteiger partial charge in [-0.1, -0.05) is 48.2 Å². The fourth-order valence-corrected chi connectivity index (χ4v) is 5.10. The van der Waals surface area contributed by atoms with Crippen molar-refractivity contribution in [1.29, 1.82) is 0 Å². The topological polar surface area (TPSA) is 81.4 Å². The van der Waals surface area contributed by atoms with E-state index in [0.29, 0.717) is 16.6 Å². The Morgan fingerprint density at radius 1 is 1.19 bits per heavy atom. The summed E-state index contributed by atoms with van der Waals surface area (Å²) < 4.78 is 7.17. The van der Waals surface area contributed by atoms with E-state index in [1.54, 1.807) is 24.8 Å². The van der Waals surface area contributed by atoms with E-state index >= 15 is 0 Å². The van der Waals surface area contributed by atoms with E-state index < -0.39 is 0 Å². The average molecular weight is 462 g/mol. The second-order valence-electron chi connectivity index (χ2n) is 7.16. The molecule has 0 aliphatic heterocycles. The number of carbonyl (C=O) groups excluding carboxylic acids is 1. The van der Waals surface area contributed by atoms with E-state index in [1.807, 2.05) is 47.7 Å². The van der Waals surface area contributed by atoms with E-state index in [4.69, 9.17) is 4.74 Å². The average Bonchev–Trinajstić information content (AvgIpc) is 3.42. The van der Waals surface area contributed by atoms with Crippen LogP contribution in [0, 0.1) is 6.92 Å². The molecule has 0 aliphatic carbocycles. The molecular weight excluding hydrogens is 442 g/mol. The number of amides is 1. The fraction of sp³-hybridized carbons (Fsp3) is 0.130. The lowest BCUT2D eigenvalue weighted by Gasteiger charge is -2.10. The fourth-order valence-electron chi connectivity index (χ4n) is 3.49. The van der Waals surface area contributed by atoms with Gasteiger partial charge in [0, 0.05) is 10.9 Å². The quantitative estimate of drug-likeness (QED) is 0.356. The van der Waals surface area contributed by atoms with Crippen LogP contribution >= 0.6 is 23.1 Å². The number of rotatable bonds is 6. The standard InChI is InChI=1S/C23H19N5O2S2/c1-14-8-9-18(30-2)17(10-14)25-19(29)12-32-23-27-26-21-20-16(15-6-4-3-5-7-15)11-31-22(20)24-13-28(21)23/h3-11,13H,12H2,1-2H3,(H,25,29). The second-order valence-corrected chi connectivity index (χ2v) is 8.96. The molecule has 0 atom stereocenters. The number of hydrogen-bond acceptors (Lipinski definition) is 7. The molecular formula is C23H19N5O2S2. The molecule has 3 heterocycles. The summed E-state index contributed by atoms with van der Waals surface area (Å²) in [5, 5.41) is 15.3. The highest BCUT2D eigenvalue weighted by atomic mass is 32.2. The van der Waals surface area contributed by atoms with Crippen molar-refractivity contribution >= 4 is 50.6 Å². The van der Waals surface area contributed by atoms with Crippen molar-refractivity contribution < 1.29 is 9.53 Å². The number of hydrogen-bond donors (Lipinski definition) is 1. The molecule has 0 unspecified atom stereocenters. The molecule has 5 rings (SSSR count). The second kappa shape index (κ2) is 8.60. The summed E-state index contributed by atoms with van der Waals surface area (Å²) in [7, 11) is 1.58. The summed E-state index contributed by atoms with van der Waals surface area (Å²) in [5.74, 6) is 0.662. The first-order valence-corrected chi connectivity index (χ1v) is 11.7. The van der Waals surface area contributed by atoms with Crippen LogP contribution in [0.5, 0.6) is 5.75 Å². The maximum Gasteiger partial charge on any atom is 0.234 e. The number of anilines is 1. The number of aromatic nitrogens is 4. The Labute approximate surface area is 192 Å². The molecule has 0 radical (unpaired) electrons. The Kier molecular flexibility index (Phi) is 5.50. The number of thiophene rings is 1. The van der Waals surface area contributed by atoms with Gasteiger partial charge in [0.1, 0.15) is 16.9 Å². The van der Waals surface area contributed by atoms with Gasteiger partial charge in [-0.25, -0.2) is 4.98 Å². The number of nitrogens with zero attached hydrogens (tertiary/aromatic N) is 4. The van der Waals surface area contributed by atoms with Crippen LogP contribution in [-0.2, 0) is 4.79 Å². The number of thioether (sulfide) groups is 1. The Morgan fingerprint density at radius 3 is 2.84 bits per heavy atom. The monoisotopic (exact) mass is 461 g/mol. The van der Waals surface area contributed by atoms with Crippen LogP contribution in [0.25, 0.3) is 27.0 Å². The highest BCUT2D eigenvalue weighted by Gasteiger charge is 2.17. The number of benzene rings is 2. The summed E-state index contributed by atoms with van der Waals surface area (Å²) >= 11 is 2.90. The SMILES string of the molecule is COc1ccc(C)cc1NC(=O)CSc1nnc2c3c(-c4ccccc4)csc3ncn12. The summed E-state index contributed by atoms with van der Waals surface area (Å²) in [5.41, 5.74) is 4.61. The van der Waals surface area contributed by atoms with Crippen LogP contribution in [0.2, 0.25) is 0 Å². The molecule has 0 aliphatic rings. The lowest BCUT2D eigenvalue weighted by Crippen LogP contribution is -2.15. The Morgan fingerprint density at radius 2 is 2.03 bits per heavy atom. The first-order valence-electron chi connectivity index (χ1n) is 9.87. The summed E-state index contributed by atoms with van der Waals surface area (Å²) in [6.45, 7) is 1.97. The minimum Gasteiger partial charge on any atom is -0.495 e. The minimum atomic E-state index is -0.148. The highest BCUT2D eigenvalue weighted by Crippen LogP contribution is 2.35. The largest absolute Gasteiger partial charge is 0.495 e. The van der Waals surface area contributed by atoms with E-state index in [2.05, 4.69) is 38.0 Å². The normalized spacial score (nSPS) is 11.2. The third kappa shape index (κ3) is 3.80. The Bertz CT molecular complexity index is 1430. The molecule has 32 heavy (non-hydrogen) atoms. The zero-order valence-corrected chi connectivity index (χ0v) is 19.0. The molecule has 7 nitrogen and oxygen atoms in total. The van der Waals surface area contributed by atoms with Gasteiger partial charge in [-0.2, -0.15) is 0 Å². The van der Waals surface area contributed by atoms with E-state index in [-0.39, 0.29) is 11.7 Å². The predicted octanol–water partition coefficient (Wildman–Crippen LogP) is 5.05. The number of aryl methyl sites for hydroxylation is 1. The van der Waals surface area contributed by atoms with Crippen LogP contribution < -0.4 is 10.1 Å². The van der Waals surface area contributed by atoms with Crippen molar-refractivity contribution in [2.45, 2.75) is 12.1 Å². The van der Waals surface area contributed by atoms with Gasteiger partial charge >= 0.3 is 0 Å². The first kappa shape index (κ1) is 20.5. The Balaban J connectivity index is 1.40. The summed E-state index contributed by atoms with van der Waals surface area (Å²) in [4.78, 5) is 18.1. The first-order chi connectivity index (χ1) is 15.6. The van der Waals surface area contributed by atoms with Gasteiger partial charge in [0.25, 0.3) is 0 Å². The third-order valence-electron chi connectivity index (χ3n) is 5.00. The number of carbonyl (C=O) groups is 1. The molecule has 0 saturated heterocycles. The highest BCUT2D eigenvalue weighted by molar-refractivity contribution is 7.99. The van der Waals surface area contributed by atoms with Crippen molar-refractivity contribution in [2.75, 3.05) is 18.2 Å². The smallest absolute Gasteiger partial charge is 0.234 e.